The van der Waals surface area contributed by atoms with Crippen molar-refractivity contribution in [3.05, 3.63) is 0 Å². The number of hydrogen-bond donors (Lipinski definition) is 1. The SMILES string of the molecule is CC1CN(C)CCCN1CC1CCCCC1O. The van der Waals surface area contributed by atoms with Crippen molar-refractivity contribution >= 4 is 0 Å². The summed E-state index contributed by atoms with van der Waals surface area (Å²) in [7, 11) is 2.22. The van der Waals surface area contributed by atoms with Crippen LogP contribution >= 0.6 is 0 Å². The highest BCUT2D eigenvalue weighted by atomic mass is 16.3. The maximum absolute atomic E-state index is 10.1. The van der Waals surface area contributed by atoms with Gasteiger partial charge in [-0.25, -0.2) is 0 Å². The topological polar surface area (TPSA) is 26.7 Å². The third kappa shape index (κ3) is 3.67. The van der Waals surface area contributed by atoms with Crippen LogP contribution < -0.4 is 0 Å². The normalized spacial score (nSPS) is 37.9. The quantitative estimate of drug-likeness (QED) is 0.793. The van der Waals surface area contributed by atoms with Gasteiger partial charge in [-0.15, -0.1) is 0 Å². The highest BCUT2D eigenvalue weighted by Gasteiger charge is 2.28. The van der Waals surface area contributed by atoms with E-state index in [1.54, 1.807) is 0 Å². The predicted molar refractivity (Wildman–Crippen MR) is 71.1 cm³/mol. The molecular formula is C14H28N2O. The number of aliphatic hydroxyl groups excluding tert-OH is 1. The molecule has 1 saturated heterocycles. The van der Waals surface area contributed by atoms with Crippen LogP contribution in [0.1, 0.15) is 39.0 Å². The van der Waals surface area contributed by atoms with Gasteiger partial charge in [0.05, 0.1) is 6.10 Å². The number of nitrogens with zero attached hydrogens (tertiary/aromatic N) is 2. The molecule has 100 valence electrons. The molecule has 0 aromatic rings. The lowest BCUT2D eigenvalue weighted by atomic mass is 9.86. The third-order valence-electron chi connectivity index (χ3n) is 4.52. The molecule has 17 heavy (non-hydrogen) atoms. The summed E-state index contributed by atoms with van der Waals surface area (Å²) in [6.07, 6.45) is 5.99. The molecule has 3 unspecified atom stereocenters. The molecule has 2 aliphatic rings. The third-order valence-corrected chi connectivity index (χ3v) is 4.52. The molecule has 1 heterocycles. The Balaban J connectivity index is 1.87. The number of likely N-dealkylation sites (N-methyl/N-ethyl adjacent to an activating group) is 1. The Morgan fingerprint density at radius 1 is 1.12 bits per heavy atom. The van der Waals surface area contributed by atoms with Crippen LogP contribution in [0.2, 0.25) is 0 Å². The fourth-order valence-electron chi connectivity index (χ4n) is 3.40. The Labute approximate surface area is 106 Å². The van der Waals surface area contributed by atoms with Crippen molar-refractivity contribution in [2.45, 2.75) is 51.2 Å². The molecule has 3 atom stereocenters. The largest absolute Gasteiger partial charge is 0.393 e. The minimum atomic E-state index is -0.0445. The Kier molecular flexibility index (Phi) is 4.83. The van der Waals surface area contributed by atoms with Crippen molar-refractivity contribution in [2.75, 3.05) is 33.2 Å². The molecule has 2 fully saturated rings. The second-order valence-corrected chi connectivity index (χ2v) is 6.07. The number of aliphatic hydroxyl groups is 1. The van der Waals surface area contributed by atoms with Gasteiger partial charge in [-0.3, -0.25) is 4.90 Å². The first-order valence-electron chi connectivity index (χ1n) is 7.27. The zero-order valence-electron chi connectivity index (χ0n) is 11.4. The average molecular weight is 240 g/mol. The van der Waals surface area contributed by atoms with E-state index in [1.165, 1.54) is 45.3 Å². The van der Waals surface area contributed by atoms with E-state index >= 15 is 0 Å². The van der Waals surface area contributed by atoms with Crippen LogP contribution in [0.4, 0.5) is 0 Å². The van der Waals surface area contributed by atoms with Gasteiger partial charge in [-0.05, 0) is 52.2 Å². The Hall–Kier alpha value is -0.120. The number of hydrogen-bond acceptors (Lipinski definition) is 3. The first-order chi connectivity index (χ1) is 8.16. The molecule has 1 aliphatic heterocycles. The zero-order chi connectivity index (χ0) is 12.3. The van der Waals surface area contributed by atoms with Gasteiger partial charge in [0.2, 0.25) is 0 Å². The van der Waals surface area contributed by atoms with Crippen molar-refractivity contribution in [3.8, 4) is 0 Å². The summed E-state index contributed by atoms with van der Waals surface area (Å²) in [6, 6.07) is 0.636. The van der Waals surface area contributed by atoms with E-state index in [-0.39, 0.29) is 6.10 Å². The molecule has 3 heteroatoms. The fraction of sp³-hybridized carbons (Fsp3) is 1.00. The van der Waals surface area contributed by atoms with E-state index in [0.717, 1.165) is 13.0 Å². The molecule has 0 bridgehead atoms. The predicted octanol–water partition coefficient (Wildman–Crippen LogP) is 1.56. The van der Waals surface area contributed by atoms with Gasteiger partial charge in [0.15, 0.2) is 0 Å². The van der Waals surface area contributed by atoms with Gasteiger partial charge in [0.1, 0.15) is 0 Å². The molecule has 1 saturated carbocycles. The van der Waals surface area contributed by atoms with E-state index in [9.17, 15) is 5.11 Å². The van der Waals surface area contributed by atoms with Gasteiger partial charge >= 0.3 is 0 Å². The minimum Gasteiger partial charge on any atom is -0.393 e. The molecule has 1 N–H and O–H groups in total. The van der Waals surface area contributed by atoms with Gasteiger partial charge in [-0.2, -0.15) is 0 Å². The Morgan fingerprint density at radius 2 is 1.88 bits per heavy atom. The van der Waals surface area contributed by atoms with Gasteiger partial charge in [0.25, 0.3) is 0 Å². The molecule has 3 nitrogen and oxygen atoms in total. The average Bonchev–Trinajstić information content (AvgIpc) is 2.44. The second kappa shape index (κ2) is 6.17. The van der Waals surface area contributed by atoms with Crippen LogP contribution in [-0.2, 0) is 0 Å². The molecular weight excluding hydrogens is 212 g/mol. The van der Waals surface area contributed by atoms with Crippen LogP contribution in [0.25, 0.3) is 0 Å². The Bertz CT molecular complexity index is 234. The monoisotopic (exact) mass is 240 g/mol. The summed E-state index contributed by atoms with van der Waals surface area (Å²) >= 11 is 0. The maximum atomic E-state index is 10.1. The zero-order valence-corrected chi connectivity index (χ0v) is 11.4. The first-order valence-corrected chi connectivity index (χ1v) is 7.27. The van der Waals surface area contributed by atoms with E-state index in [1.807, 2.05) is 0 Å². The highest BCUT2D eigenvalue weighted by molar-refractivity contribution is 4.82. The van der Waals surface area contributed by atoms with Crippen LogP contribution in [0.3, 0.4) is 0 Å². The first kappa shape index (κ1) is 13.3. The van der Waals surface area contributed by atoms with Crippen molar-refractivity contribution in [1.29, 1.82) is 0 Å². The lowest BCUT2D eigenvalue weighted by molar-refractivity contribution is 0.0386. The van der Waals surface area contributed by atoms with Crippen LogP contribution in [0, 0.1) is 5.92 Å². The number of rotatable bonds is 2. The smallest absolute Gasteiger partial charge is 0.0580 e. The summed E-state index contributed by atoms with van der Waals surface area (Å²) in [5.41, 5.74) is 0. The fourth-order valence-corrected chi connectivity index (χ4v) is 3.40. The van der Waals surface area contributed by atoms with Gasteiger partial charge in [-0.1, -0.05) is 12.8 Å². The second-order valence-electron chi connectivity index (χ2n) is 6.07. The van der Waals surface area contributed by atoms with Crippen molar-refractivity contribution in [3.63, 3.8) is 0 Å². The van der Waals surface area contributed by atoms with Crippen molar-refractivity contribution < 1.29 is 5.11 Å². The summed E-state index contributed by atoms with van der Waals surface area (Å²) in [4.78, 5) is 5.03. The van der Waals surface area contributed by atoms with E-state index in [4.69, 9.17) is 0 Å². The summed E-state index contributed by atoms with van der Waals surface area (Å²) in [5, 5.41) is 10.1. The van der Waals surface area contributed by atoms with E-state index in [2.05, 4.69) is 23.8 Å². The molecule has 0 radical (unpaired) electrons. The molecule has 0 spiro atoms. The molecule has 1 aliphatic carbocycles. The highest BCUT2D eigenvalue weighted by Crippen LogP contribution is 2.26. The van der Waals surface area contributed by atoms with Crippen LogP contribution in [0.5, 0.6) is 0 Å². The van der Waals surface area contributed by atoms with Crippen LogP contribution in [-0.4, -0.2) is 60.3 Å². The summed E-state index contributed by atoms with van der Waals surface area (Å²) in [5.74, 6) is 0.523. The van der Waals surface area contributed by atoms with Crippen molar-refractivity contribution in [2.24, 2.45) is 5.92 Å². The van der Waals surface area contributed by atoms with Crippen molar-refractivity contribution in [1.82, 2.24) is 9.80 Å². The Morgan fingerprint density at radius 3 is 2.65 bits per heavy atom. The molecule has 0 amide bonds. The van der Waals surface area contributed by atoms with Gasteiger partial charge in [0, 0.05) is 19.1 Å². The van der Waals surface area contributed by atoms with Gasteiger partial charge < -0.3 is 10.0 Å². The standard InChI is InChI=1S/C14H28N2O/c1-12-10-15(2)8-5-9-16(12)11-13-6-3-4-7-14(13)17/h12-14,17H,3-11H2,1-2H3. The summed E-state index contributed by atoms with van der Waals surface area (Å²) in [6.45, 7) is 7.03. The molecule has 0 aromatic carbocycles. The van der Waals surface area contributed by atoms with Crippen LogP contribution in [0.15, 0.2) is 0 Å². The lowest BCUT2D eigenvalue weighted by Crippen LogP contribution is -2.43. The maximum Gasteiger partial charge on any atom is 0.0580 e. The molecule has 2 rings (SSSR count). The molecule has 0 aromatic heterocycles. The lowest BCUT2D eigenvalue weighted by Gasteiger charge is -2.35. The summed E-state index contributed by atoms with van der Waals surface area (Å²) < 4.78 is 0. The van der Waals surface area contributed by atoms with E-state index < -0.39 is 0 Å². The minimum absolute atomic E-state index is 0.0445. The van der Waals surface area contributed by atoms with E-state index in [0.29, 0.717) is 12.0 Å².